The predicted octanol–water partition coefficient (Wildman–Crippen LogP) is 5.17. The highest BCUT2D eigenvalue weighted by Gasteiger charge is 2.09. The maximum Gasteiger partial charge on any atom is 0.335 e. The number of ether oxygens (including phenoxy) is 1. The molecule has 3 aromatic carbocycles. The summed E-state index contributed by atoms with van der Waals surface area (Å²) in [4.78, 5) is 10.9. The maximum absolute atomic E-state index is 14.0. The minimum absolute atomic E-state index is 0.194. The third kappa shape index (κ3) is 4.43. The molecule has 0 amide bonds. The van der Waals surface area contributed by atoms with Gasteiger partial charge in [0.25, 0.3) is 0 Å². The lowest BCUT2D eigenvalue weighted by Gasteiger charge is -2.10. The molecule has 0 spiro atoms. The third-order valence-electron chi connectivity index (χ3n) is 4.10. The zero-order valence-corrected chi connectivity index (χ0v) is 14.8. The Morgan fingerprint density at radius 3 is 2.39 bits per heavy atom. The molecule has 4 nitrogen and oxygen atoms in total. The first kappa shape index (κ1) is 18.9. The minimum atomic E-state index is -0.986. The van der Waals surface area contributed by atoms with E-state index in [1.165, 1.54) is 18.2 Å². The van der Waals surface area contributed by atoms with Crippen LogP contribution in [0.4, 0.5) is 4.39 Å². The van der Waals surface area contributed by atoms with Crippen LogP contribution in [0.1, 0.15) is 27.0 Å². The van der Waals surface area contributed by atoms with E-state index in [0.717, 1.165) is 5.56 Å². The Morgan fingerprint density at radius 2 is 1.71 bits per heavy atom. The average molecular weight is 373 g/mol. The van der Waals surface area contributed by atoms with Crippen LogP contribution < -0.4 is 4.74 Å². The van der Waals surface area contributed by atoms with Crippen LogP contribution in [-0.2, 0) is 6.61 Å². The zero-order valence-electron chi connectivity index (χ0n) is 14.8. The summed E-state index contributed by atoms with van der Waals surface area (Å²) in [6, 6.07) is 21.7. The van der Waals surface area contributed by atoms with Gasteiger partial charge in [-0.2, -0.15) is 5.26 Å². The molecule has 3 rings (SSSR count). The number of carboxylic acid groups (broad SMARTS) is 1. The molecular weight excluding hydrogens is 357 g/mol. The van der Waals surface area contributed by atoms with Crippen molar-refractivity contribution < 1.29 is 19.0 Å². The molecule has 28 heavy (non-hydrogen) atoms. The lowest BCUT2D eigenvalue weighted by molar-refractivity contribution is 0.0697. The SMILES string of the molecule is N#C/C(=C/c1ccccc1OCc1ccc(C(=O)O)cc1)c1ccccc1F. The molecule has 0 saturated carbocycles. The Hall–Kier alpha value is -3.91. The van der Waals surface area contributed by atoms with E-state index in [1.54, 1.807) is 60.7 Å². The van der Waals surface area contributed by atoms with Crippen molar-refractivity contribution in [3.05, 3.63) is 101 Å². The van der Waals surface area contributed by atoms with Crippen LogP contribution in [0.3, 0.4) is 0 Å². The second-order valence-electron chi connectivity index (χ2n) is 5.98. The van der Waals surface area contributed by atoms with Gasteiger partial charge < -0.3 is 9.84 Å². The van der Waals surface area contributed by atoms with Gasteiger partial charge in [-0.1, -0.05) is 48.5 Å². The number of carbonyl (C=O) groups is 1. The highest BCUT2D eigenvalue weighted by atomic mass is 19.1. The van der Waals surface area contributed by atoms with Crippen molar-refractivity contribution in [3.8, 4) is 11.8 Å². The van der Waals surface area contributed by atoms with Crippen molar-refractivity contribution >= 4 is 17.6 Å². The molecule has 0 aromatic heterocycles. The molecular formula is C23H16FNO3. The van der Waals surface area contributed by atoms with Crippen molar-refractivity contribution in [2.75, 3.05) is 0 Å². The highest BCUT2D eigenvalue weighted by Crippen LogP contribution is 2.26. The minimum Gasteiger partial charge on any atom is -0.488 e. The number of carboxylic acids is 1. The normalized spacial score (nSPS) is 10.9. The fourth-order valence-electron chi connectivity index (χ4n) is 2.64. The van der Waals surface area contributed by atoms with Crippen molar-refractivity contribution in [2.24, 2.45) is 0 Å². The van der Waals surface area contributed by atoms with E-state index >= 15 is 0 Å². The molecule has 0 aliphatic heterocycles. The summed E-state index contributed by atoms with van der Waals surface area (Å²) in [6.07, 6.45) is 1.58. The van der Waals surface area contributed by atoms with Crippen molar-refractivity contribution in [1.29, 1.82) is 5.26 Å². The molecule has 0 heterocycles. The van der Waals surface area contributed by atoms with E-state index in [4.69, 9.17) is 9.84 Å². The van der Waals surface area contributed by atoms with E-state index in [9.17, 15) is 14.4 Å². The summed E-state index contributed by atoms with van der Waals surface area (Å²) in [5.74, 6) is -0.916. The fraction of sp³-hybridized carbons (Fsp3) is 0.0435. The molecule has 0 aliphatic carbocycles. The zero-order chi connectivity index (χ0) is 19.9. The Morgan fingerprint density at radius 1 is 1.04 bits per heavy atom. The number of halogens is 1. The first-order chi connectivity index (χ1) is 13.6. The molecule has 0 fully saturated rings. The first-order valence-corrected chi connectivity index (χ1v) is 8.49. The Bertz CT molecular complexity index is 1070. The summed E-state index contributed by atoms with van der Waals surface area (Å²) in [5, 5.41) is 18.4. The van der Waals surface area contributed by atoms with Crippen LogP contribution in [0, 0.1) is 17.1 Å². The lowest BCUT2D eigenvalue weighted by atomic mass is 10.0. The van der Waals surface area contributed by atoms with Gasteiger partial charge in [0.15, 0.2) is 0 Å². The number of nitriles is 1. The Labute approximate surface area is 161 Å². The van der Waals surface area contributed by atoms with E-state index in [0.29, 0.717) is 11.3 Å². The fourth-order valence-corrected chi connectivity index (χ4v) is 2.64. The topological polar surface area (TPSA) is 70.3 Å². The summed E-state index contributed by atoms with van der Waals surface area (Å²) < 4.78 is 19.9. The number of hydrogen-bond acceptors (Lipinski definition) is 3. The largest absolute Gasteiger partial charge is 0.488 e. The van der Waals surface area contributed by atoms with Crippen LogP contribution in [-0.4, -0.2) is 11.1 Å². The lowest BCUT2D eigenvalue weighted by Crippen LogP contribution is -1.99. The Balaban J connectivity index is 1.84. The number of hydrogen-bond donors (Lipinski definition) is 1. The van der Waals surface area contributed by atoms with Gasteiger partial charge in [0.2, 0.25) is 0 Å². The van der Waals surface area contributed by atoms with Gasteiger partial charge in [-0.15, -0.1) is 0 Å². The summed E-state index contributed by atoms with van der Waals surface area (Å²) >= 11 is 0. The van der Waals surface area contributed by atoms with Crippen molar-refractivity contribution in [2.45, 2.75) is 6.61 Å². The number of para-hydroxylation sites is 1. The molecule has 1 N–H and O–H groups in total. The molecule has 5 heteroatoms. The van der Waals surface area contributed by atoms with Crippen molar-refractivity contribution in [1.82, 2.24) is 0 Å². The standard InChI is InChI=1S/C23H16FNO3/c24-21-7-3-2-6-20(21)19(14-25)13-18-5-1-4-8-22(18)28-15-16-9-11-17(12-10-16)23(26)27/h1-13H,15H2,(H,26,27)/b19-13-. The summed E-state index contributed by atoms with van der Waals surface area (Å²) in [6.45, 7) is 0.229. The van der Waals surface area contributed by atoms with E-state index in [1.807, 2.05) is 6.07 Å². The van der Waals surface area contributed by atoms with Gasteiger partial charge in [0.1, 0.15) is 18.2 Å². The average Bonchev–Trinajstić information content (AvgIpc) is 2.72. The van der Waals surface area contributed by atoms with Crippen molar-refractivity contribution in [3.63, 3.8) is 0 Å². The van der Waals surface area contributed by atoms with Gasteiger partial charge in [0.05, 0.1) is 17.2 Å². The molecule has 3 aromatic rings. The predicted molar refractivity (Wildman–Crippen MR) is 104 cm³/mol. The number of allylic oxidation sites excluding steroid dienone is 1. The molecule has 0 atom stereocenters. The molecule has 0 aliphatic rings. The number of benzene rings is 3. The number of aromatic carboxylic acids is 1. The van der Waals surface area contributed by atoms with Gasteiger partial charge in [-0.3, -0.25) is 0 Å². The smallest absolute Gasteiger partial charge is 0.335 e. The number of nitrogens with zero attached hydrogens (tertiary/aromatic N) is 1. The molecule has 0 saturated heterocycles. The first-order valence-electron chi connectivity index (χ1n) is 8.49. The molecule has 138 valence electrons. The van der Waals surface area contributed by atoms with E-state index < -0.39 is 11.8 Å². The van der Waals surface area contributed by atoms with Gasteiger partial charge in [-0.05, 0) is 35.9 Å². The van der Waals surface area contributed by atoms with E-state index in [-0.39, 0.29) is 23.3 Å². The summed E-state index contributed by atoms with van der Waals surface area (Å²) in [5.41, 5.74) is 2.07. The van der Waals surface area contributed by atoms with Crippen LogP contribution in [0.15, 0.2) is 72.8 Å². The van der Waals surface area contributed by atoms with Crippen LogP contribution in [0.5, 0.6) is 5.75 Å². The molecule has 0 unspecified atom stereocenters. The maximum atomic E-state index is 14.0. The van der Waals surface area contributed by atoms with Crippen LogP contribution in [0.2, 0.25) is 0 Å². The quantitative estimate of drug-likeness (QED) is 0.478. The Kier molecular flexibility index (Phi) is 5.83. The van der Waals surface area contributed by atoms with Gasteiger partial charge in [0, 0.05) is 11.1 Å². The monoisotopic (exact) mass is 373 g/mol. The van der Waals surface area contributed by atoms with E-state index in [2.05, 4.69) is 0 Å². The van der Waals surface area contributed by atoms with Gasteiger partial charge in [-0.25, -0.2) is 9.18 Å². The summed E-state index contributed by atoms with van der Waals surface area (Å²) in [7, 11) is 0. The highest BCUT2D eigenvalue weighted by molar-refractivity contribution is 5.90. The van der Waals surface area contributed by atoms with Gasteiger partial charge >= 0.3 is 5.97 Å². The molecule has 0 radical (unpaired) electrons. The second-order valence-corrected chi connectivity index (χ2v) is 5.98. The number of rotatable bonds is 6. The van der Waals surface area contributed by atoms with Crippen LogP contribution >= 0.6 is 0 Å². The second kappa shape index (κ2) is 8.65. The molecule has 0 bridgehead atoms. The third-order valence-corrected chi connectivity index (χ3v) is 4.10. The van der Waals surface area contributed by atoms with Crippen LogP contribution in [0.25, 0.3) is 11.6 Å².